The van der Waals surface area contributed by atoms with Gasteiger partial charge in [0.05, 0.1) is 6.20 Å². The minimum atomic E-state index is -0.579. The van der Waals surface area contributed by atoms with E-state index in [-0.39, 0.29) is 11.6 Å². The van der Waals surface area contributed by atoms with Gasteiger partial charge in [-0.3, -0.25) is 9.59 Å². The molecule has 1 aromatic heterocycles. The van der Waals surface area contributed by atoms with Crippen LogP contribution in [0.3, 0.4) is 0 Å². The van der Waals surface area contributed by atoms with E-state index in [0.29, 0.717) is 0 Å². The largest absolute Gasteiger partial charge is 0.347 e. The standard InChI is InChI=1S/C8H13N5O2/c1-5(8(15)13(2)3)10-7(14)6-4-9-12-11-6/h4-5H,1-3H3,(H,10,14)(H,9,11,12). The molecule has 0 aliphatic rings. The van der Waals surface area contributed by atoms with Crippen molar-refractivity contribution in [2.45, 2.75) is 13.0 Å². The fourth-order valence-electron chi connectivity index (χ4n) is 1.03. The van der Waals surface area contributed by atoms with Crippen LogP contribution in [-0.2, 0) is 4.79 Å². The molecule has 7 nitrogen and oxygen atoms in total. The molecule has 2 N–H and O–H groups in total. The van der Waals surface area contributed by atoms with Gasteiger partial charge in [-0.2, -0.15) is 15.4 Å². The SMILES string of the molecule is CC(NC(=O)c1cn[nH]n1)C(=O)N(C)C. The van der Waals surface area contributed by atoms with Crippen LogP contribution in [0, 0.1) is 0 Å². The van der Waals surface area contributed by atoms with Gasteiger partial charge in [0.15, 0.2) is 5.69 Å². The van der Waals surface area contributed by atoms with E-state index in [0.717, 1.165) is 0 Å². The van der Waals surface area contributed by atoms with Gasteiger partial charge in [0.25, 0.3) is 5.91 Å². The second kappa shape index (κ2) is 4.54. The van der Waals surface area contributed by atoms with Crippen molar-refractivity contribution in [3.05, 3.63) is 11.9 Å². The first-order valence-electron chi connectivity index (χ1n) is 4.40. The number of carbonyl (C=O) groups is 2. The van der Waals surface area contributed by atoms with Gasteiger partial charge >= 0.3 is 0 Å². The van der Waals surface area contributed by atoms with Gasteiger partial charge in [0.1, 0.15) is 6.04 Å². The molecule has 0 radical (unpaired) electrons. The second-order valence-corrected chi connectivity index (χ2v) is 3.28. The van der Waals surface area contributed by atoms with E-state index in [1.165, 1.54) is 11.1 Å². The summed E-state index contributed by atoms with van der Waals surface area (Å²) < 4.78 is 0. The third kappa shape index (κ3) is 2.76. The normalized spacial score (nSPS) is 11.9. The molecule has 0 spiro atoms. The Labute approximate surface area is 86.8 Å². The van der Waals surface area contributed by atoms with E-state index in [9.17, 15) is 9.59 Å². The van der Waals surface area contributed by atoms with Crippen LogP contribution in [0.15, 0.2) is 6.20 Å². The zero-order valence-corrected chi connectivity index (χ0v) is 8.81. The number of nitrogens with zero attached hydrogens (tertiary/aromatic N) is 3. The van der Waals surface area contributed by atoms with Crippen molar-refractivity contribution in [3.63, 3.8) is 0 Å². The molecule has 1 rings (SSSR count). The highest BCUT2D eigenvalue weighted by atomic mass is 16.2. The molecule has 0 aromatic carbocycles. The molecule has 0 fully saturated rings. The Balaban J connectivity index is 2.56. The smallest absolute Gasteiger partial charge is 0.274 e. The maximum absolute atomic E-state index is 11.4. The molecular weight excluding hydrogens is 198 g/mol. The number of aromatic amines is 1. The summed E-state index contributed by atoms with van der Waals surface area (Å²) in [5, 5.41) is 11.9. The Kier molecular flexibility index (Phi) is 3.37. The number of rotatable bonds is 3. The summed E-state index contributed by atoms with van der Waals surface area (Å²) in [5.41, 5.74) is 0.161. The number of hydrogen-bond donors (Lipinski definition) is 2. The van der Waals surface area contributed by atoms with E-state index < -0.39 is 11.9 Å². The van der Waals surface area contributed by atoms with E-state index in [1.807, 2.05) is 0 Å². The minimum absolute atomic E-state index is 0.161. The molecule has 2 amide bonds. The van der Waals surface area contributed by atoms with Gasteiger partial charge in [0.2, 0.25) is 5.91 Å². The molecule has 7 heteroatoms. The number of hydrogen-bond acceptors (Lipinski definition) is 4. The van der Waals surface area contributed by atoms with Crippen LogP contribution in [0.1, 0.15) is 17.4 Å². The van der Waals surface area contributed by atoms with E-state index in [2.05, 4.69) is 20.7 Å². The number of likely N-dealkylation sites (N-methyl/N-ethyl adjacent to an activating group) is 1. The van der Waals surface area contributed by atoms with Gasteiger partial charge in [0, 0.05) is 14.1 Å². The van der Waals surface area contributed by atoms with Crippen molar-refractivity contribution in [3.8, 4) is 0 Å². The fourth-order valence-corrected chi connectivity index (χ4v) is 1.03. The Morgan fingerprint density at radius 3 is 2.67 bits per heavy atom. The number of carbonyl (C=O) groups excluding carboxylic acids is 2. The van der Waals surface area contributed by atoms with Crippen molar-refractivity contribution in [1.82, 2.24) is 25.6 Å². The first kappa shape index (κ1) is 11.2. The number of aromatic nitrogens is 3. The maximum Gasteiger partial charge on any atom is 0.274 e. The molecular formula is C8H13N5O2. The third-order valence-corrected chi connectivity index (χ3v) is 1.81. The third-order valence-electron chi connectivity index (χ3n) is 1.81. The van der Waals surface area contributed by atoms with Crippen LogP contribution in [0.5, 0.6) is 0 Å². The average Bonchev–Trinajstić information content (AvgIpc) is 2.68. The molecule has 1 unspecified atom stereocenters. The zero-order chi connectivity index (χ0) is 11.4. The zero-order valence-electron chi connectivity index (χ0n) is 8.81. The monoisotopic (exact) mass is 211 g/mol. The molecule has 82 valence electrons. The van der Waals surface area contributed by atoms with E-state index in [4.69, 9.17) is 0 Å². The summed E-state index contributed by atoms with van der Waals surface area (Å²) in [7, 11) is 3.25. The summed E-state index contributed by atoms with van der Waals surface area (Å²) in [6, 6.07) is -0.579. The lowest BCUT2D eigenvalue weighted by Crippen LogP contribution is -2.44. The number of amides is 2. The van der Waals surface area contributed by atoms with Gasteiger partial charge in [-0.05, 0) is 6.92 Å². The summed E-state index contributed by atoms with van der Waals surface area (Å²) >= 11 is 0. The molecule has 1 aromatic rings. The minimum Gasteiger partial charge on any atom is -0.347 e. The van der Waals surface area contributed by atoms with E-state index in [1.54, 1.807) is 21.0 Å². The van der Waals surface area contributed by atoms with Crippen LogP contribution in [0.4, 0.5) is 0 Å². The highest BCUT2D eigenvalue weighted by Gasteiger charge is 2.18. The molecule has 0 aliphatic heterocycles. The van der Waals surface area contributed by atoms with Crippen molar-refractivity contribution >= 4 is 11.8 Å². The van der Waals surface area contributed by atoms with Crippen LogP contribution in [-0.4, -0.2) is 52.3 Å². The van der Waals surface area contributed by atoms with Crippen molar-refractivity contribution in [2.75, 3.05) is 14.1 Å². The molecule has 1 heterocycles. The fraction of sp³-hybridized carbons (Fsp3) is 0.500. The predicted molar refractivity (Wildman–Crippen MR) is 52.0 cm³/mol. The highest BCUT2D eigenvalue weighted by molar-refractivity contribution is 5.95. The molecule has 0 bridgehead atoms. The Hall–Kier alpha value is -1.92. The number of nitrogens with one attached hydrogen (secondary N) is 2. The summed E-state index contributed by atoms with van der Waals surface area (Å²) in [4.78, 5) is 24.3. The second-order valence-electron chi connectivity index (χ2n) is 3.28. The first-order valence-corrected chi connectivity index (χ1v) is 4.40. The van der Waals surface area contributed by atoms with E-state index >= 15 is 0 Å². The van der Waals surface area contributed by atoms with Crippen LogP contribution in [0.25, 0.3) is 0 Å². The molecule has 1 atom stereocenters. The molecule has 0 aliphatic carbocycles. The highest BCUT2D eigenvalue weighted by Crippen LogP contribution is 1.93. The molecule has 0 saturated carbocycles. The van der Waals surface area contributed by atoms with Crippen LogP contribution in [0.2, 0.25) is 0 Å². The van der Waals surface area contributed by atoms with Crippen molar-refractivity contribution < 1.29 is 9.59 Å². The average molecular weight is 211 g/mol. The summed E-state index contributed by atoms with van der Waals surface area (Å²) in [6.07, 6.45) is 1.29. The quantitative estimate of drug-likeness (QED) is 0.671. The molecule has 15 heavy (non-hydrogen) atoms. The number of H-pyrrole nitrogens is 1. The summed E-state index contributed by atoms with van der Waals surface area (Å²) in [6.45, 7) is 1.61. The van der Waals surface area contributed by atoms with Crippen LogP contribution >= 0.6 is 0 Å². The predicted octanol–water partition coefficient (Wildman–Crippen LogP) is -0.989. The van der Waals surface area contributed by atoms with Gasteiger partial charge in [-0.15, -0.1) is 0 Å². The Morgan fingerprint density at radius 2 is 2.20 bits per heavy atom. The Bertz CT molecular complexity index is 346. The van der Waals surface area contributed by atoms with Crippen molar-refractivity contribution in [1.29, 1.82) is 0 Å². The topological polar surface area (TPSA) is 91.0 Å². The van der Waals surface area contributed by atoms with Gasteiger partial charge < -0.3 is 10.2 Å². The Morgan fingerprint density at radius 1 is 1.53 bits per heavy atom. The van der Waals surface area contributed by atoms with Crippen molar-refractivity contribution in [2.24, 2.45) is 0 Å². The van der Waals surface area contributed by atoms with Gasteiger partial charge in [-0.25, -0.2) is 0 Å². The van der Waals surface area contributed by atoms with Crippen LogP contribution < -0.4 is 5.32 Å². The maximum atomic E-state index is 11.4. The molecule has 0 saturated heterocycles. The lowest BCUT2D eigenvalue weighted by atomic mass is 10.3. The lowest BCUT2D eigenvalue weighted by molar-refractivity contribution is -0.130. The lowest BCUT2D eigenvalue weighted by Gasteiger charge is -2.17. The first-order chi connectivity index (χ1) is 7.02. The van der Waals surface area contributed by atoms with Gasteiger partial charge in [-0.1, -0.05) is 0 Å². The summed E-state index contributed by atoms with van der Waals surface area (Å²) in [5.74, 6) is -0.599.